The van der Waals surface area contributed by atoms with Crippen molar-refractivity contribution in [2.45, 2.75) is 13.8 Å². The zero-order chi connectivity index (χ0) is 13.3. The van der Waals surface area contributed by atoms with E-state index in [-0.39, 0.29) is 5.69 Å². The van der Waals surface area contributed by atoms with Crippen molar-refractivity contribution in [2.24, 2.45) is 7.05 Å². The molecule has 0 fully saturated rings. The molecule has 0 atom stereocenters. The Morgan fingerprint density at radius 2 is 2.17 bits per heavy atom. The zero-order valence-corrected chi connectivity index (χ0v) is 11.3. The van der Waals surface area contributed by atoms with Crippen LogP contribution in [0.25, 0.3) is 5.69 Å². The minimum atomic E-state index is -0.203. The standard InChI is InChI=1S/C12H15ClN4O/c1-4-14-11-15-16(3)12(18)17(11)9-6-5-8(2)10(13)7-9/h5-7H,4H2,1-3H3,(H,14,15). The van der Waals surface area contributed by atoms with Gasteiger partial charge in [-0.2, -0.15) is 0 Å². The van der Waals surface area contributed by atoms with Crippen LogP contribution in [0.15, 0.2) is 23.0 Å². The van der Waals surface area contributed by atoms with Gasteiger partial charge in [0.15, 0.2) is 0 Å². The summed E-state index contributed by atoms with van der Waals surface area (Å²) in [6.07, 6.45) is 0. The molecule has 1 N–H and O–H groups in total. The van der Waals surface area contributed by atoms with E-state index in [4.69, 9.17) is 11.6 Å². The van der Waals surface area contributed by atoms with E-state index >= 15 is 0 Å². The van der Waals surface area contributed by atoms with Gasteiger partial charge < -0.3 is 5.32 Å². The average molecular weight is 267 g/mol. The minimum absolute atomic E-state index is 0.203. The number of nitrogens with zero attached hydrogens (tertiary/aromatic N) is 3. The number of benzene rings is 1. The van der Waals surface area contributed by atoms with Gasteiger partial charge in [0.25, 0.3) is 0 Å². The van der Waals surface area contributed by atoms with E-state index in [2.05, 4.69) is 10.4 Å². The molecule has 0 bridgehead atoms. The van der Waals surface area contributed by atoms with Crippen molar-refractivity contribution in [2.75, 3.05) is 11.9 Å². The second kappa shape index (κ2) is 4.86. The zero-order valence-electron chi connectivity index (χ0n) is 10.6. The molecule has 2 rings (SSSR count). The molecule has 1 aromatic heterocycles. The van der Waals surface area contributed by atoms with Crippen LogP contribution < -0.4 is 11.0 Å². The quantitative estimate of drug-likeness (QED) is 0.924. The summed E-state index contributed by atoms with van der Waals surface area (Å²) >= 11 is 6.09. The summed E-state index contributed by atoms with van der Waals surface area (Å²) in [4.78, 5) is 12.0. The Hall–Kier alpha value is -1.75. The van der Waals surface area contributed by atoms with Crippen LogP contribution in [0, 0.1) is 6.92 Å². The van der Waals surface area contributed by atoms with E-state index in [1.54, 1.807) is 13.1 Å². The van der Waals surface area contributed by atoms with Crippen LogP contribution in [-0.4, -0.2) is 20.9 Å². The first-order chi connectivity index (χ1) is 8.54. The maximum absolute atomic E-state index is 12.0. The van der Waals surface area contributed by atoms with Crippen molar-refractivity contribution in [3.63, 3.8) is 0 Å². The first-order valence-corrected chi connectivity index (χ1v) is 6.09. The van der Waals surface area contributed by atoms with Crippen LogP contribution in [0.3, 0.4) is 0 Å². The van der Waals surface area contributed by atoms with Crippen molar-refractivity contribution in [1.29, 1.82) is 0 Å². The Morgan fingerprint density at radius 1 is 1.44 bits per heavy atom. The van der Waals surface area contributed by atoms with Crippen LogP contribution in [0.5, 0.6) is 0 Å². The Labute approximate surface area is 110 Å². The Balaban J connectivity index is 2.62. The number of hydrogen-bond donors (Lipinski definition) is 1. The fourth-order valence-electron chi connectivity index (χ4n) is 1.69. The molecule has 0 spiro atoms. The third-order valence-electron chi connectivity index (χ3n) is 2.67. The summed E-state index contributed by atoms with van der Waals surface area (Å²) in [5, 5.41) is 7.83. The highest BCUT2D eigenvalue weighted by Crippen LogP contribution is 2.20. The van der Waals surface area contributed by atoms with Gasteiger partial charge in [0.05, 0.1) is 5.69 Å². The first-order valence-electron chi connectivity index (χ1n) is 5.71. The Bertz CT molecular complexity index is 629. The van der Waals surface area contributed by atoms with Crippen molar-refractivity contribution < 1.29 is 0 Å². The summed E-state index contributed by atoms with van der Waals surface area (Å²) in [6.45, 7) is 4.56. The summed E-state index contributed by atoms with van der Waals surface area (Å²) < 4.78 is 2.81. The number of aromatic nitrogens is 3. The Morgan fingerprint density at radius 3 is 2.78 bits per heavy atom. The number of anilines is 1. The molecular weight excluding hydrogens is 252 g/mol. The second-order valence-corrected chi connectivity index (χ2v) is 4.44. The highest BCUT2D eigenvalue weighted by Gasteiger charge is 2.12. The van der Waals surface area contributed by atoms with Crippen LogP contribution in [0.2, 0.25) is 5.02 Å². The van der Waals surface area contributed by atoms with Gasteiger partial charge >= 0.3 is 5.69 Å². The molecule has 1 heterocycles. The van der Waals surface area contributed by atoms with E-state index in [0.29, 0.717) is 23.2 Å². The second-order valence-electron chi connectivity index (χ2n) is 4.03. The van der Waals surface area contributed by atoms with Gasteiger partial charge in [0, 0.05) is 18.6 Å². The molecule has 6 heteroatoms. The fourth-order valence-corrected chi connectivity index (χ4v) is 1.87. The molecule has 0 saturated heterocycles. The lowest BCUT2D eigenvalue weighted by Gasteiger charge is -2.07. The molecule has 18 heavy (non-hydrogen) atoms. The number of aryl methyl sites for hydroxylation is 2. The molecule has 0 aliphatic carbocycles. The first kappa shape index (κ1) is 12.7. The SMILES string of the molecule is CCNc1nn(C)c(=O)n1-c1ccc(C)c(Cl)c1. The minimum Gasteiger partial charge on any atom is -0.354 e. The van der Waals surface area contributed by atoms with Crippen LogP contribution in [0.4, 0.5) is 5.95 Å². The number of halogens is 1. The predicted molar refractivity (Wildman–Crippen MR) is 72.7 cm³/mol. The highest BCUT2D eigenvalue weighted by atomic mass is 35.5. The van der Waals surface area contributed by atoms with Crippen LogP contribution in [0.1, 0.15) is 12.5 Å². The van der Waals surface area contributed by atoms with Gasteiger partial charge in [-0.15, -0.1) is 5.10 Å². The van der Waals surface area contributed by atoms with Crippen LogP contribution in [-0.2, 0) is 7.05 Å². The molecule has 5 nitrogen and oxygen atoms in total. The van der Waals surface area contributed by atoms with E-state index in [9.17, 15) is 4.79 Å². The van der Waals surface area contributed by atoms with Crippen molar-refractivity contribution >= 4 is 17.5 Å². The topological polar surface area (TPSA) is 51.9 Å². The molecule has 0 amide bonds. The largest absolute Gasteiger partial charge is 0.354 e. The third-order valence-corrected chi connectivity index (χ3v) is 3.08. The van der Waals surface area contributed by atoms with Gasteiger partial charge in [0.1, 0.15) is 0 Å². The van der Waals surface area contributed by atoms with Gasteiger partial charge in [-0.25, -0.2) is 14.0 Å². The summed E-state index contributed by atoms with van der Waals surface area (Å²) in [5.41, 5.74) is 1.48. The third kappa shape index (κ3) is 2.13. The maximum atomic E-state index is 12.0. The Kier molecular flexibility index (Phi) is 3.43. The number of nitrogens with one attached hydrogen (secondary N) is 1. The molecule has 0 saturated carbocycles. The average Bonchev–Trinajstić information content (AvgIpc) is 2.60. The molecule has 1 aromatic carbocycles. The van der Waals surface area contributed by atoms with E-state index in [1.165, 1.54) is 9.25 Å². The molecule has 0 unspecified atom stereocenters. The molecule has 96 valence electrons. The van der Waals surface area contributed by atoms with Crippen molar-refractivity contribution in [3.05, 3.63) is 39.3 Å². The lowest BCUT2D eigenvalue weighted by Crippen LogP contribution is -2.22. The monoisotopic (exact) mass is 266 g/mol. The maximum Gasteiger partial charge on any atom is 0.351 e. The van der Waals surface area contributed by atoms with Crippen molar-refractivity contribution in [1.82, 2.24) is 14.3 Å². The van der Waals surface area contributed by atoms with E-state index in [0.717, 1.165) is 5.56 Å². The predicted octanol–water partition coefficient (Wildman–Crippen LogP) is 1.96. The number of hydrogen-bond acceptors (Lipinski definition) is 3. The molecule has 0 radical (unpaired) electrons. The molecule has 0 aliphatic heterocycles. The fraction of sp³-hybridized carbons (Fsp3) is 0.333. The molecular formula is C12H15ClN4O. The van der Waals surface area contributed by atoms with Crippen LogP contribution >= 0.6 is 11.6 Å². The summed E-state index contributed by atoms with van der Waals surface area (Å²) in [6, 6.07) is 5.50. The highest BCUT2D eigenvalue weighted by molar-refractivity contribution is 6.31. The van der Waals surface area contributed by atoms with E-state index < -0.39 is 0 Å². The smallest absolute Gasteiger partial charge is 0.351 e. The van der Waals surface area contributed by atoms with Gasteiger partial charge in [-0.05, 0) is 31.5 Å². The van der Waals surface area contributed by atoms with Gasteiger partial charge in [-0.1, -0.05) is 17.7 Å². The molecule has 0 aliphatic rings. The van der Waals surface area contributed by atoms with Gasteiger partial charge in [0.2, 0.25) is 5.95 Å². The lowest BCUT2D eigenvalue weighted by molar-refractivity contribution is 0.726. The summed E-state index contributed by atoms with van der Waals surface area (Å²) in [5.74, 6) is 0.518. The number of rotatable bonds is 3. The summed E-state index contributed by atoms with van der Waals surface area (Å²) in [7, 11) is 1.62. The van der Waals surface area contributed by atoms with Crippen molar-refractivity contribution in [3.8, 4) is 5.69 Å². The van der Waals surface area contributed by atoms with Gasteiger partial charge in [-0.3, -0.25) is 0 Å². The lowest BCUT2D eigenvalue weighted by atomic mass is 10.2. The normalized spacial score (nSPS) is 10.7. The van der Waals surface area contributed by atoms with E-state index in [1.807, 2.05) is 26.0 Å². The molecule has 2 aromatic rings.